The monoisotopic (exact) mass is 172 g/mol. The number of hydrogen-bond acceptors (Lipinski definition) is 3. The van der Waals surface area contributed by atoms with Crippen molar-refractivity contribution in [1.82, 2.24) is 10.6 Å². The van der Waals surface area contributed by atoms with Crippen LogP contribution in [-0.4, -0.2) is 38.9 Å². The average Bonchev–Trinajstić information content (AvgIpc) is 2.14. The summed E-state index contributed by atoms with van der Waals surface area (Å²) in [5.41, 5.74) is 0. The third kappa shape index (κ3) is 4.04. The molecule has 1 aliphatic heterocycles. The van der Waals surface area contributed by atoms with Gasteiger partial charge in [-0.05, 0) is 26.3 Å². The van der Waals surface area contributed by atoms with Crippen molar-refractivity contribution < 1.29 is 4.74 Å². The lowest BCUT2D eigenvalue weighted by Crippen LogP contribution is -2.44. The largest absolute Gasteiger partial charge is 0.380 e. The van der Waals surface area contributed by atoms with Gasteiger partial charge in [-0.1, -0.05) is 0 Å². The molecular weight excluding hydrogens is 152 g/mol. The molecule has 12 heavy (non-hydrogen) atoms. The fourth-order valence-corrected chi connectivity index (χ4v) is 1.51. The molecule has 0 aliphatic carbocycles. The molecule has 72 valence electrons. The highest BCUT2D eigenvalue weighted by molar-refractivity contribution is 4.74. The van der Waals surface area contributed by atoms with E-state index in [0.29, 0.717) is 6.04 Å². The molecule has 0 aromatic rings. The van der Waals surface area contributed by atoms with Crippen LogP contribution in [0.2, 0.25) is 0 Å². The van der Waals surface area contributed by atoms with Crippen molar-refractivity contribution in [2.24, 2.45) is 0 Å². The van der Waals surface area contributed by atoms with Crippen molar-refractivity contribution in [3.8, 4) is 0 Å². The quantitative estimate of drug-likeness (QED) is 0.588. The zero-order chi connectivity index (χ0) is 8.65. The first-order valence-corrected chi connectivity index (χ1v) is 4.95. The van der Waals surface area contributed by atoms with Gasteiger partial charge in [0, 0.05) is 25.7 Å². The number of piperidine rings is 1. The zero-order valence-corrected chi connectivity index (χ0v) is 7.94. The zero-order valence-electron chi connectivity index (χ0n) is 7.94. The van der Waals surface area contributed by atoms with Gasteiger partial charge in [0.1, 0.15) is 0 Å². The number of rotatable bonds is 5. The van der Waals surface area contributed by atoms with E-state index < -0.39 is 0 Å². The molecule has 1 aliphatic rings. The normalized spacial score (nSPS) is 24.2. The summed E-state index contributed by atoms with van der Waals surface area (Å²) in [5.74, 6) is 0. The molecule has 1 saturated heterocycles. The van der Waals surface area contributed by atoms with E-state index >= 15 is 0 Å². The maximum absolute atomic E-state index is 5.24. The van der Waals surface area contributed by atoms with Crippen molar-refractivity contribution in [2.45, 2.75) is 25.8 Å². The molecule has 1 rings (SSSR count). The summed E-state index contributed by atoms with van der Waals surface area (Å²) in [7, 11) is 0. The maximum atomic E-state index is 5.24. The van der Waals surface area contributed by atoms with E-state index in [4.69, 9.17) is 4.74 Å². The van der Waals surface area contributed by atoms with Gasteiger partial charge >= 0.3 is 0 Å². The van der Waals surface area contributed by atoms with E-state index in [1.165, 1.54) is 19.4 Å². The van der Waals surface area contributed by atoms with Gasteiger partial charge in [-0.15, -0.1) is 0 Å². The molecule has 0 aromatic heterocycles. The molecule has 2 N–H and O–H groups in total. The van der Waals surface area contributed by atoms with Gasteiger partial charge in [0.05, 0.1) is 6.61 Å². The van der Waals surface area contributed by atoms with Crippen LogP contribution in [0.5, 0.6) is 0 Å². The summed E-state index contributed by atoms with van der Waals surface area (Å²) in [6.07, 6.45) is 2.60. The fraction of sp³-hybridized carbons (Fsp3) is 1.00. The molecule has 1 heterocycles. The van der Waals surface area contributed by atoms with Crippen LogP contribution in [0.3, 0.4) is 0 Å². The van der Waals surface area contributed by atoms with E-state index in [0.717, 1.165) is 26.3 Å². The number of nitrogens with one attached hydrogen (secondary N) is 2. The van der Waals surface area contributed by atoms with Crippen LogP contribution in [0.25, 0.3) is 0 Å². The lowest BCUT2D eigenvalue weighted by Gasteiger charge is -2.23. The van der Waals surface area contributed by atoms with E-state index in [9.17, 15) is 0 Å². The Morgan fingerprint density at radius 2 is 2.50 bits per heavy atom. The Hall–Kier alpha value is -0.120. The third-order valence-corrected chi connectivity index (χ3v) is 2.18. The maximum Gasteiger partial charge on any atom is 0.0590 e. The summed E-state index contributed by atoms with van der Waals surface area (Å²) in [4.78, 5) is 0. The van der Waals surface area contributed by atoms with Gasteiger partial charge < -0.3 is 15.4 Å². The SMILES string of the molecule is CCOCCNC1CCCNC1. The van der Waals surface area contributed by atoms with Crippen LogP contribution < -0.4 is 10.6 Å². The molecule has 3 nitrogen and oxygen atoms in total. The topological polar surface area (TPSA) is 33.3 Å². The first-order valence-electron chi connectivity index (χ1n) is 4.95. The molecule has 0 spiro atoms. The highest BCUT2D eigenvalue weighted by Gasteiger charge is 2.10. The Balaban J connectivity index is 1.91. The van der Waals surface area contributed by atoms with Gasteiger partial charge in [0.25, 0.3) is 0 Å². The van der Waals surface area contributed by atoms with Crippen LogP contribution in [0.15, 0.2) is 0 Å². The lowest BCUT2D eigenvalue weighted by molar-refractivity contribution is 0.145. The summed E-state index contributed by atoms with van der Waals surface area (Å²) in [6, 6.07) is 0.666. The molecule has 1 unspecified atom stereocenters. The smallest absolute Gasteiger partial charge is 0.0590 e. The minimum Gasteiger partial charge on any atom is -0.380 e. The molecule has 0 bridgehead atoms. The van der Waals surface area contributed by atoms with E-state index in [2.05, 4.69) is 10.6 Å². The minimum absolute atomic E-state index is 0.666. The fourth-order valence-electron chi connectivity index (χ4n) is 1.51. The second kappa shape index (κ2) is 6.40. The van der Waals surface area contributed by atoms with Gasteiger partial charge in [-0.25, -0.2) is 0 Å². The molecular formula is C9H20N2O. The Morgan fingerprint density at radius 1 is 1.58 bits per heavy atom. The molecule has 3 heteroatoms. The van der Waals surface area contributed by atoms with Gasteiger partial charge in [0.2, 0.25) is 0 Å². The lowest BCUT2D eigenvalue weighted by atomic mass is 10.1. The Morgan fingerprint density at radius 3 is 3.17 bits per heavy atom. The number of ether oxygens (including phenoxy) is 1. The molecule has 0 amide bonds. The second-order valence-electron chi connectivity index (χ2n) is 3.19. The third-order valence-electron chi connectivity index (χ3n) is 2.18. The average molecular weight is 172 g/mol. The molecule has 0 aromatic carbocycles. The van der Waals surface area contributed by atoms with Gasteiger partial charge in [-0.3, -0.25) is 0 Å². The second-order valence-corrected chi connectivity index (χ2v) is 3.19. The van der Waals surface area contributed by atoms with E-state index in [-0.39, 0.29) is 0 Å². The van der Waals surface area contributed by atoms with Crippen LogP contribution >= 0.6 is 0 Å². The van der Waals surface area contributed by atoms with Crippen molar-refractivity contribution >= 4 is 0 Å². The highest BCUT2D eigenvalue weighted by atomic mass is 16.5. The van der Waals surface area contributed by atoms with E-state index in [1.807, 2.05) is 6.92 Å². The summed E-state index contributed by atoms with van der Waals surface area (Å²) in [6.45, 7) is 6.98. The first-order chi connectivity index (χ1) is 5.93. The molecule has 0 radical (unpaired) electrons. The van der Waals surface area contributed by atoms with Crippen molar-refractivity contribution in [3.63, 3.8) is 0 Å². The van der Waals surface area contributed by atoms with Crippen LogP contribution in [-0.2, 0) is 4.74 Å². The van der Waals surface area contributed by atoms with Crippen molar-refractivity contribution in [3.05, 3.63) is 0 Å². The standard InChI is InChI=1S/C9H20N2O/c1-2-12-7-6-11-9-4-3-5-10-8-9/h9-11H,2-8H2,1H3. The predicted octanol–water partition coefficient (Wildman–Crippen LogP) is 0.364. The predicted molar refractivity (Wildman–Crippen MR) is 50.4 cm³/mol. The van der Waals surface area contributed by atoms with Crippen LogP contribution in [0.4, 0.5) is 0 Å². The Bertz CT molecular complexity index is 103. The molecule has 1 fully saturated rings. The Kier molecular flexibility index (Phi) is 5.32. The number of hydrogen-bond donors (Lipinski definition) is 2. The summed E-state index contributed by atoms with van der Waals surface area (Å²) >= 11 is 0. The van der Waals surface area contributed by atoms with E-state index in [1.54, 1.807) is 0 Å². The van der Waals surface area contributed by atoms with Gasteiger partial charge in [0.15, 0.2) is 0 Å². The first kappa shape index (κ1) is 9.96. The van der Waals surface area contributed by atoms with Crippen LogP contribution in [0.1, 0.15) is 19.8 Å². The van der Waals surface area contributed by atoms with Crippen LogP contribution in [0, 0.1) is 0 Å². The molecule has 1 atom stereocenters. The molecule has 0 saturated carbocycles. The van der Waals surface area contributed by atoms with Crippen molar-refractivity contribution in [2.75, 3.05) is 32.8 Å². The Labute approximate surface area is 74.9 Å². The summed E-state index contributed by atoms with van der Waals surface area (Å²) in [5, 5.41) is 6.84. The summed E-state index contributed by atoms with van der Waals surface area (Å²) < 4.78 is 5.24. The minimum atomic E-state index is 0.666. The van der Waals surface area contributed by atoms with Crippen molar-refractivity contribution in [1.29, 1.82) is 0 Å². The van der Waals surface area contributed by atoms with Gasteiger partial charge in [-0.2, -0.15) is 0 Å². The highest BCUT2D eigenvalue weighted by Crippen LogP contribution is 2.00.